The number of rotatable bonds is 7. The van der Waals surface area contributed by atoms with Gasteiger partial charge in [-0.1, -0.05) is 18.2 Å². The van der Waals surface area contributed by atoms with Gasteiger partial charge in [-0.25, -0.2) is 0 Å². The Morgan fingerprint density at radius 3 is 2.38 bits per heavy atom. The molecule has 1 aromatic carbocycles. The quantitative estimate of drug-likeness (QED) is 0.427. The van der Waals surface area contributed by atoms with Crippen molar-refractivity contribution in [1.82, 2.24) is 0 Å². The second kappa shape index (κ2) is 6.85. The molecule has 0 unspecified atom stereocenters. The lowest BCUT2D eigenvalue weighted by Crippen LogP contribution is -2.12. The van der Waals surface area contributed by atoms with Crippen LogP contribution in [0.5, 0.6) is 0 Å². The molecule has 0 aliphatic rings. The highest BCUT2D eigenvalue weighted by Crippen LogP contribution is 2.10. The molecule has 0 spiro atoms. The van der Waals surface area contributed by atoms with Crippen molar-refractivity contribution < 1.29 is 17.3 Å². The molecule has 0 N–H and O–H groups in total. The number of hydrogen-bond acceptors (Lipinski definition) is 4. The first-order valence-electron chi connectivity index (χ1n) is 4.75. The maximum Gasteiger partial charge on any atom is 0.297 e. The number of alkyl halides is 1. The normalized spacial score (nSPS) is 11.6. The van der Waals surface area contributed by atoms with Crippen molar-refractivity contribution in [1.29, 1.82) is 0 Å². The van der Waals surface area contributed by atoms with Crippen LogP contribution in [0, 0.1) is 0 Å². The highest BCUT2D eigenvalue weighted by molar-refractivity contribution is 7.86. The predicted octanol–water partition coefficient (Wildman–Crippen LogP) is 1.65. The van der Waals surface area contributed by atoms with Crippen molar-refractivity contribution in [3.05, 3.63) is 30.3 Å². The summed E-state index contributed by atoms with van der Waals surface area (Å²) in [5.41, 5.74) is 0. The van der Waals surface area contributed by atoms with Crippen LogP contribution in [-0.4, -0.2) is 34.1 Å². The van der Waals surface area contributed by atoms with Crippen LogP contribution in [0.4, 0.5) is 0 Å². The molecule has 0 heterocycles. The van der Waals surface area contributed by atoms with Crippen LogP contribution >= 0.6 is 11.6 Å². The van der Waals surface area contributed by atoms with E-state index in [0.29, 0.717) is 12.5 Å². The molecule has 0 saturated carbocycles. The third kappa shape index (κ3) is 4.49. The van der Waals surface area contributed by atoms with E-state index < -0.39 is 10.1 Å². The van der Waals surface area contributed by atoms with Crippen LogP contribution in [-0.2, 0) is 19.0 Å². The van der Waals surface area contributed by atoms with E-state index in [4.69, 9.17) is 20.5 Å². The van der Waals surface area contributed by atoms with Gasteiger partial charge >= 0.3 is 0 Å². The summed E-state index contributed by atoms with van der Waals surface area (Å²) < 4.78 is 32.9. The molecule has 0 fully saturated rings. The summed E-state index contributed by atoms with van der Waals surface area (Å²) >= 11 is 5.38. The molecule has 1 aromatic rings. The Hall–Kier alpha value is -0.620. The van der Waals surface area contributed by atoms with Crippen LogP contribution in [0.1, 0.15) is 0 Å². The molecule has 0 amide bonds. The summed E-state index contributed by atoms with van der Waals surface area (Å²) in [6.07, 6.45) is 0. The van der Waals surface area contributed by atoms with Crippen LogP contribution in [0.25, 0.3) is 0 Å². The van der Waals surface area contributed by atoms with E-state index in [1.807, 2.05) is 0 Å². The van der Waals surface area contributed by atoms with Gasteiger partial charge in [-0.2, -0.15) is 8.42 Å². The first-order chi connectivity index (χ1) is 7.67. The van der Waals surface area contributed by atoms with E-state index in [2.05, 4.69) is 0 Å². The lowest BCUT2D eigenvalue weighted by Gasteiger charge is -2.05. The summed E-state index contributed by atoms with van der Waals surface area (Å²) in [7, 11) is -3.66. The number of ether oxygens (including phenoxy) is 1. The third-order valence-corrected chi connectivity index (χ3v) is 3.20. The van der Waals surface area contributed by atoms with Crippen LogP contribution in [0.3, 0.4) is 0 Å². The molecule has 6 heteroatoms. The van der Waals surface area contributed by atoms with E-state index in [9.17, 15) is 8.42 Å². The molecular formula is C10H13ClO4S. The Kier molecular flexibility index (Phi) is 5.76. The Morgan fingerprint density at radius 2 is 1.75 bits per heavy atom. The van der Waals surface area contributed by atoms with Crippen LogP contribution < -0.4 is 0 Å². The van der Waals surface area contributed by atoms with Gasteiger partial charge in [-0.05, 0) is 12.1 Å². The molecule has 0 aliphatic carbocycles. The minimum atomic E-state index is -3.66. The maximum atomic E-state index is 11.6. The van der Waals surface area contributed by atoms with Gasteiger partial charge in [0.05, 0.1) is 24.7 Å². The standard InChI is InChI=1S/C10H13ClO4S/c11-6-7-14-8-9-15-16(12,13)10-4-2-1-3-5-10/h1-5H,6-9H2. The fourth-order valence-corrected chi connectivity index (χ4v) is 2.04. The molecule has 0 radical (unpaired) electrons. The molecular weight excluding hydrogens is 252 g/mol. The van der Waals surface area contributed by atoms with Gasteiger partial charge in [0.25, 0.3) is 10.1 Å². The summed E-state index contributed by atoms with van der Waals surface area (Å²) in [5, 5.41) is 0. The van der Waals surface area contributed by atoms with E-state index in [0.717, 1.165) is 0 Å². The van der Waals surface area contributed by atoms with Gasteiger partial charge < -0.3 is 4.74 Å². The molecule has 90 valence electrons. The Bertz CT molecular complexity index is 391. The van der Waals surface area contributed by atoms with E-state index >= 15 is 0 Å². The predicted molar refractivity (Wildman–Crippen MR) is 61.1 cm³/mol. The van der Waals surface area contributed by atoms with E-state index in [1.165, 1.54) is 12.1 Å². The molecule has 0 atom stereocenters. The molecule has 16 heavy (non-hydrogen) atoms. The fourth-order valence-electron chi connectivity index (χ4n) is 1.01. The number of halogens is 1. The molecule has 4 nitrogen and oxygen atoms in total. The molecule has 0 bridgehead atoms. The van der Waals surface area contributed by atoms with Gasteiger partial charge in [0.1, 0.15) is 0 Å². The molecule has 0 aliphatic heterocycles. The zero-order valence-electron chi connectivity index (χ0n) is 8.63. The summed E-state index contributed by atoms with van der Waals surface area (Å²) in [6.45, 7) is 0.587. The first-order valence-corrected chi connectivity index (χ1v) is 6.69. The molecule has 0 aromatic heterocycles. The SMILES string of the molecule is O=S(=O)(OCCOCCCl)c1ccccc1. The number of hydrogen-bond donors (Lipinski definition) is 0. The molecule has 0 saturated heterocycles. The highest BCUT2D eigenvalue weighted by Gasteiger charge is 2.13. The summed E-state index contributed by atoms with van der Waals surface area (Å²) in [6, 6.07) is 7.98. The minimum absolute atomic E-state index is 0.00584. The summed E-state index contributed by atoms with van der Waals surface area (Å²) in [4.78, 5) is 0.146. The monoisotopic (exact) mass is 264 g/mol. The largest absolute Gasteiger partial charge is 0.378 e. The zero-order chi connectivity index (χ0) is 11.9. The molecule has 1 rings (SSSR count). The van der Waals surface area contributed by atoms with Gasteiger partial charge in [0.2, 0.25) is 0 Å². The number of benzene rings is 1. The average Bonchev–Trinajstić information content (AvgIpc) is 2.30. The van der Waals surface area contributed by atoms with E-state index in [1.54, 1.807) is 18.2 Å². The van der Waals surface area contributed by atoms with Crippen molar-refractivity contribution in [3.63, 3.8) is 0 Å². The van der Waals surface area contributed by atoms with Crippen molar-refractivity contribution in [3.8, 4) is 0 Å². The van der Waals surface area contributed by atoms with Gasteiger partial charge in [0, 0.05) is 5.88 Å². The fraction of sp³-hybridized carbons (Fsp3) is 0.400. The lowest BCUT2D eigenvalue weighted by atomic mass is 10.4. The third-order valence-electron chi connectivity index (χ3n) is 1.72. The van der Waals surface area contributed by atoms with Gasteiger partial charge in [0.15, 0.2) is 0 Å². The highest BCUT2D eigenvalue weighted by atomic mass is 35.5. The van der Waals surface area contributed by atoms with Crippen LogP contribution in [0.15, 0.2) is 35.2 Å². The van der Waals surface area contributed by atoms with Gasteiger partial charge in [-0.15, -0.1) is 11.6 Å². The second-order valence-electron chi connectivity index (χ2n) is 2.89. The van der Waals surface area contributed by atoms with Crippen molar-refractivity contribution in [2.45, 2.75) is 4.90 Å². The van der Waals surface area contributed by atoms with Crippen LogP contribution in [0.2, 0.25) is 0 Å². The van der Waals surface area contributed by atoms with E-state index in [-0.39, 0.29) is 18.1 Å². The Labute approximate surface area is 100 Å². The topological polar surface area (TPSA) is 52.6 Å². The van der Waals surface area contributed by atoms with Gasteiger partial charge in [-0.3, -0.25) is 4.18 Å². The minimum Gasteiger partial charge on any atom is -0.378 e. The lowest BCUT2D eigenvalue weighted by molar-refractivity contribution is 0.113. The van der Waals surface area contributed by atoms with Crippen molar-refractivity contribution in [2.75, 3.05) is 25.7 Å². The smallest absolute Gasteiger partial charge is 0.297 e. The van der Waals surface area contributed by atoms with Crippen molar-refractivity contribution in [2.24, 2.45) is 0 Å². The Balaban J connectivity index is 2.41. The maximum absolute atomic E-state index is 11.6. The Morgan fingerprint density at radius 1 is 1.06 bits per heavy atom. The zero-order valence-corrected chi connectivity index (χ0v) is 10.2. The first kappa shape index (κ1) is 13.4. The summed E-state index contributed by atoms with van der Waals surface area (Å²) in [5.74, 6) is 0.380. The second-order valence-corrected chi connectivity index (χ2v) is 4.88. The van der Waals surface area contributed by atoms with Crippen molar-refractivity contribution >= 4 is 21.7 Å². The average molecular weight is 265 g/mol.